The molecule has 0 fully saturated rings. The van der Waals surface area contributed by atoms with E-state index in [2.05, 4.69) is 66.5 Å². The fraction of sp³-hybridized carbons (Fsp3) is 0.789. The molecule has 0 bridgehead atoms. The van der Waals surface area contributed by atoms with Crippen LogP contribution in [0, 0.1) is 5.92 Å². The van der Waals surface area contributed by atoms with Crippen molar-refractivity contribution in [3.63, 3.8) is 0 Å². The number of rotatable bonds is 6. The molecule has 0 aliphatic heterocycles. The molecule has 0 amide bonds. The normalized spacial score (nSPS) is 20.7. The van der Waals surface area contributed by atoms with Crippen molar-refractivity contribution < 1.29 is 0 Å². The lowest BCUT2D eigenvalue weighted by Gasteiger charge is -2.38. The highest BCUT2D eigenvalue weighted by molar-refractivity contribution is 6.82. The number of nitrogens with one attached hydrogen (secondary N) is 1. The molecule has 1 aliphatic carbocycles. The fourth-order valence-electron chi connectivity index (χ4n) is 4.52. The van der Waals surface area contributed by atoms with Gasteiger partial charge in [0.05, 0.1) is 0 Å². The first-order valence-electron chi connectivity index (χ1n) is 8.87. The molecule has 1 rings (SSSR count). The van der Waals surface area contributed by atoms with E-state index in [9.17, 15) is 0 Å². The molecule has 0 radical (unpaired) electrons. The molecule has 1 N–H and O–H groups in total. The maximum Gasteiger partial charge on any atom is 0.148 e. The van der Waals surface area contributed by atoms with Gasteiger partial charge in [-0.05, 0) is 63.5 Å². The summed E-state index contributed by atoms with van der Waals surface area (Å²) >= 11 is 0. The third-order valence-corrected chi connectivity index (χ3v) is 8.08. The van der Waals surface area contributed by atoms with E-state index in [4.69, 9.17) is 0 Å². The maximum absolute atomic E-state index is 4.01. The second-order valence-electron chi connectivity index (χ2n) is 7.92. The van der Waals surface area contributed by atoms with Crippen molar-refractivity contribution in [2.75, 3.05) is 0 Å². The topological polar surface area (TPSA) is 12.0 Å². The predicted molar refractivity (Wildman–Crippen MR) is 99.1 cm³/mol. The van der Waals surface area contributed by atoms with Gasteiger partial charge in [0, 0.05) is 5.54 Å². The van der Waals surface area contributed by atoms with Crippen LogP contribution in [0.2, 0.25) is 13.1 Å². The van der Waals surface area contributed by atoms with E-state index in [0.717, 1.165) is 0 Å². The molecule has 122 valence electrons. The third kappa shape index (κ3) is 3.90. The van der Waals surface area contributed by atoms with Crippen LogP contribution in [0.3, 0.4) is 0 Å². The van der Waals surface area contributed by atoms with Crippen molar-refractivity contribution in [2.24, 2.45) is 5.92 Å². The van der Waals surface area contributed by atoms with Gasteiger partial charge in [0.25, 0.3) is 0 Å². The first-order valence-corrected chi connectivity index (χ1v) is 11.9. The minimum Gasteiger partial charge on any atom is -0.329 e. The van der Waals surface area contributed by atoms with Gasteiger partial charge in [0.2, 0.25) is 0 Å². The van der Waals surface area contributed by atoms with Gasteiger partial charge in [-0.25, -0.2) is 0 Å². The highest BCUT2D eigenvalue weighted by Crippen LogP contribution is 2.46. The van der Waals surface area contributed by atoms with Gasteiger partial charge >= 0.3 is 0 Å². The van der Waals surface area contributed by atoms with Gasteiger partial charge in [-0.1, -0.05) is 51.6 Å². The van der Waals surface area contributed by atoms with E-state index >= 15 is 0 Å². The molecule has 0 saturated heterocycles. The minimum atomic E-state index is -1.60. The average Bonchev–Trinajstić information content (AvgIpc) is 2.68. The molecule has 0 aromatic carbocycles. The first kappa shape index (κ1) is 18.7. The molecule has 0 aromatic rings. The molecular formula is C19H37NSi. The second kappa shape index (κ2) is 6.83. The summed E-state index contributed by atoms with van der Waals surface area (Å²) in [5.74, 6) is 0.705. The molecule has 0 heterocycles. The molecule has 0 aromatic heterocycles. The summed E-state index contributed by atoms with van der Waals surface area (Å²) in [5.41, 5.74) is 5.33. The second-order valence-corrected chi connectivity index (χ2v) is 12.0. The summed E-state index contributed by atoms with van der Waals surface area (Å²) in [4.78, 5) is 4.01. The largest absolute Gasteiger partial charge is 0.329 e. The Morgan fingerprint density at radius 3 is 1.76 bits per heavy atom. The van der Waals surface area contributed by atoms with Crippen molar-refractivity contribution in [1.29, 1.82) is 0 Å². The number of hydrogen-bond acceptors (Lipinski definition) is 1. The van der Waals surface area contributed by atoms with Crippen LogP contribution in [-0.2, 0) is 0 Å². The van der Waals surface area contributed by atoms with Gasteiger partial charge < -0.3 is 4.98 Å². The van der Waals surface area contributed by atoms with E-state index in [1.807, 2.05) is 0 Å². The Morgan fingerprint density at radius 1 is 0.905 bits per heavy atom. The Kier molecular flexibility index (Phi) is 6.08. The van der Waals surface area contributed by atoms with E-state index < -0.39 is 8.24 Å². The lowest BCUT2D eigenvalue weighted by atomic mass is 9.94. The predicted octanol–water partition coefficient (Wildman–Crippen LogP) is 5.98. The third-order valence-electron chi connectivity index (χ3n) is 4.70. The highest BCUT2D eigenvalue weighted by atomic mass is 28.3. The zero-order chi connectivity index (χ0) is 16.4. The lowest BCUT2D eigenvalue weighted by Crippen LogP contribution is -2.57. The summed E-state index contributed by atoms with van der Waals surface area (Å²) < 4.78 is 0. The molecule has 1 atom stereocenters. The van der Waals surface area contributed by atoms with E-state index in [1.54, 1.807) is 21.9 Å². The van der Waals surface area contributed by atoms with Gasteiger partial charge in [0.1, 0.15) is 8.24 Å². The van der Waals surface area contributed by atoms with E-state index in [0.29, 0.717) is 5.92 Å². The Labute approximate surface area is 134 Å². The molecule has 0 saturated carbocycles. The average molecular weight is 308 g/mol. The highest BCUT2D eigenvalue weighted by Gasteiger charge is 2.41. The molecule has 21 heavy (non-hydrogen) atoms. The molecule has 1 aliphatic rings. The standard InChI is InChI=1S/C19H37NSi/c1-10-14-15(11-2)17(13-4)18(16(14)12-3)21(8,9)20-19(5,6)7/h16,20H,10-13H2,1-9H3. The van der Waals surface area contributed by atoms with Crippen LogP contribution >= 0.6 is 0 Å². The zero-order valence-electron chi connectivity index (χ0n) is 15.9. The van der Waals surface area contributed by atoms with Gasteiger partial charge in [0.15, 0.2) is 0 Å². The summed E-state index contributed by atoms with van der Waals surface area (Å²) in [6.45, 7) is 21.3. The van der Waals surface area contributed by atoms with Crippen molar-refractivity contribution in [2.45, 2.75) is 92.8 Å². The molecule has 1 unspecified atom stereocenters. The van der Waals surface area contributed by atoms with Gasteiger partial charge in [-0.2, -0.15) is 0 Å². The van der Waals surface area contributed by atoms with Crippen molar-refractivity contribution >= 4 is 8.24 Å². The minimum absolute atomic E-state index is 0.196. The molecular weight excluding hydrogens is 270 g/mol. The Balaban J connectivity index is 3.37. The van der Waals surface area contributed by atoms with Crippen LogP contribution in [0.1, 0.15) is 74.1 Å². The van der Waals surface area contributed by atoms with Crippen molar-refractivity contribution in [3.05, 3.63) is 21.9 Å². The molecule has 1 nitrogen and oxygen atoms in total. The van der Waals surface area contributed by atoms with Crippen LogP contribution in [0.25, 0.3) is 0 Å². The lowest BCUT2D eigenvalue weighted by molar-refractivity contribution is 0.511. The Morgan fingerprint density at radius 2 is 1.43 bits per heavy atom. The van der Waals surface area contributed by atoms with Crippen LogP contribution in [0.15, 0.2) is 21.9 Å². The van der Waals surface area contributed by atoms with E-state index in [-0.39, 0.29) is 5.54 Å². The fourth-order valence-corrected chi connectivity index (χ4v) is 8.86. The zero-order valence-corrected chi connectivity index (χ0v) is 16.9. The first-order chi connectivity index (χ1) is 9.62. The summed E-state index contributed by atoms with van der Waals surface area (Å²) in [6, 6.07) is 0. The number of hydrogen-bond donors (Lipinski definition) is 1. The maximum atomic E-state index is 4.01. The molecule has 0 spiro atoms. The summed E-state index contributed by atoms with van der Waals surface area (Å²) in [5, 5.41) is 1.80. The SMILES string of the molecule is CCC1=C(CC)C(CC)C([Si](C)(C)NC(C)(C)C)=C1CC. The van der Waals surface area contributed by atoms with Crippen LogP contribution in [0.5, 0.6) is 0 Å². The van der Waals surface area contributed by atoms with Crippen LogP contribution in [-0.4, -0.2) is 13.8 Å². The van der Waals surface area contributed by atoms with Crippen molar-refractivity contribution in [3.8, 4) is 0 Å². The van der Waals surface area contributed by atoms with Crippen LogP contribution in [0.4, 0.5) is 0 Å². The van der Waals surface area contributed by atoms with E-state index in [1.165, 1.54) is 25.7 Å². The monoisotopic (exact) mass is 307 g/mol. The van der Waals surface area contributed by atoms with Crippen molar-refractivity contribution in [1.82, 2.24) is 4.98 Å². The van der Waals surface area contributed by atoms with Gasteiger partial charge in [-0.15, -0.1) is 0 Å². The molecule has 2 heteroatoms. The Hall–Kier alpha value is -0.343. The number of allylic oxidation sites excluding steroid dienone is 4. The smallest absolute Gasteiger partial charge is 0.148 e. The quantitative estimate of drug-likeness (QED) is 0.595. The summed E-state index contributed by atoms with van der Waals surface area (Å²) in [7, 11) is -1.60. The Bertz CT molecular complexity index is 435. The van der Waals surface area contributed by atoms with Gasteiger partial charge in [-0.3, -0.25) is 0 Å². The van der Waals surface area contributed by atoms with Crippen LogP contribution < -0.4 is 4.98 Å². The summed E-state index contributed by atoms with van der Waals surface area (Å²) in [6.07, 6.45) is 4.87.